The number of hydrogen-bond donors (Lipinski definition) is 0. The highest BCUT2D eigenvalue weighted by Crippen LogP contribution is 2.36. The van der Waals surface area contributed by atoms with Crippen LogP contribution < -0.4 is 5.46 Å². The molecule has 1 saturated heterocycles. The normalized spacial score (nSPS) is 16.0. The molecule has 2 aromatic carbocycles. The molecule has 0 saturated carbocycles. The molecule has 3 heterocycles. The molecule has 0 atom stereocenters. The number of hydrogen-bond acceptors (Lipinski definition) is 4. The van der Waals surface area contributed by atoms with Gasteiger partial charge in [-0.15, -0.1) is 0 Å². The molecule has 4 nitrogen and oxygen atoms in total. The number of nitrogens with zero attached hydrogens (tertiary/aromatic N) is 2. The van der Waals surface area contributed by atoms with Gasteiger partial charge in [0.15, 0.2) is 0 Å². The Bertz CT molecular complexity index is 1220. The van der Waals surface area contributed by atoms with Crippen LogP contribution >= 0.6 is 15.9 Å². The van der Waals surface area contributed by atoms with Crippen LogP contribution in [0.2, 0.25) is 0 Å². The lowest BCUT2D eigenvalue weighted by Crippen LogP contribution is -2.41. The zero-order valence-electron chi connectivity index (χ0n) is 19.9. The van der Waals surface area contributed by atoms with Gasteiger partial charge < -0.3 is 9.31 Å². The summed E-state index contributed by atoms with van der Waals surface area (Å²) < 4.78 is 13.3. The molecule has 0 N–H and O–H groups in total. The second-order valence-electron chi connectivity index (χ2n) is 9.21. The third-order valence-electron chi connectivity index (χ3n) is 6.23. The van der Waals surface area contributed by atoms with E-state index >= 15 is 0 Å². The van der Waals surface area contributed by atoms with Crippen LogP contribution in [-0.4, -0.2) is 28.3 Å². The Morgan fingerprint density at radius 2 is 1.15 bits per heavy atom. The average Bonchev–Trinajstić information content (AvgIpc) is 3.07. The summed E-state index contributed by atoms with van der Waals surface area (Å²) in [6.45, 7) is 8.27. The van der Waals surface area contributed by atoms with Gasteiger partial charge in [0.05, 0.1) is 11.2 Å². The van der Waals surface area contributed by atoms with Gasteiger partial charge in [0, 0.05) is 34.8 Å². The Kier molecular flexibility index (Phi) is 7.32. The lowest BCUT2D eigenvalue weighted by atomic mass is 9.78. The van der Waals surface area contributed by atoms with E-state index in [1.54, 1.807) is 12.4 Å². The quantitative estimate of drug-likeness (QED) is 0.290. The molecule has 6 heteroatoms. The predicted octanol–water partition coefficient (Wildman–Crippen LogP) is 6.56. The van der Waals surface area contributed by atoms with Crippen LogP contribution in [0.5, 0.6) is 0 Å². The van der Waals surface area contributed by atoms with Crippen molar-refractivity contribution < 1.29 is 9.31 Å². The summed E-state index contributed by atoms with van der Waals surface area (Å²) in [5.41, 5.74) is 4.94. The molecular formula is C28H28BBrN2O2. The lowest BCUT2D eigenvalue weighted by molar-refractivity contribution is 0.00578. The smallest absolute Gasteiger partial charge is 0.399 e. The molecule has 0 radical (unpaired) electrons. The zero-order valence-corrected chi connectivity index (χ0v) is 21.5. The molecule has 34 heavy (non-hydrogen) atoms. The van der Waals surface area contributed by atoms with Gasteiger partial charge in [0.2, 0.25) is 0 Å². The fourth-order valence-electron chi connectivity index (χ4n) is 3.58. The first kappa shape index (κ1) is 24.3. The van der Waals surface area contributed by atoms with E-state index in [1.165, 1.54) is 5.56 Å². The molecule has 172 valence electrons. The number of halogens is 1. The summed E-state index contributed by atoms with van der Waals surface area (Å²) in [5.74, 6) is 0. The maximum atomic E-state index is 6.10. The van der Waals surface area contributed by atoms with Crippen LogP contribution in [0, 0.1) is 0 Å². The average molecular weight is 515 g/mol. The van der Waals surface area contributed by atoms with E-state index in [1.807, 2.05) is 48.8 Å². The maximum absolute atomic E-state index is 6.10. The van der Waals surface area contributed by atoms with Crippen molar-refractivity contribution in [3.63, 3.8) is 0 Å². The Labute approximate surface area is 210 Å². The summed E-state index contributed by atoms with van der Waals surface area (Å²) in [7, 11) is -0.327. The standard InChI is InChI=1S/C17H20BNO2.C11H8BrN/c1-16(2)17(3,4)21-18(20-16)15-9-5-7-13(11-15)14-8-6-10-19-12-14;12-11-5-1-3-9(7-11)10-4-2-6-13-8-10/h5-12H,1-4H3;1-8H. The third-order valence-corrected chi connectivity index (χ3v) is 6.72. The topological polar surface area (TPSA) is 44.2 Å². The van der Waals surface area contributed by atoms with Crippen molar-refractivity contribution in [2.75, 3.05) is 0 Å². The van der Waals surface area contributed by atoms with E-state index < -0.39 is 0 Å². The van der Waals surface area contributed by atoms with Crippen LogP contribution in [0.1, 0.15) is 27.7 Å². The fourth-order valence-corrected chi connectivity index (χ4v) is 3.98. The Morgan fingerprint density at radius 3 is 1.65 bits per heavy atom. The van der Waals surface area contributed by atoms with E-state index in [9.17, 15) is 0 Å². The van der Waals surface area contributed by atoms with Gasteiger partial charge in [-0.25, -0.2) is 0 Å². The maximum Gasteiger partial charge on any atom is 0.494 e. The van der Waals surface area contributed by atoms with Crippen LogP contribution in [0.3, 0.4) is 0 Å². The molecule has 0 unspecified atom stereocenters. The number of aromatic nitrogens is 2. The van der Waals surface area contributed by atoms with E-state index in [0.717, 1.165) is 26.6 Å². The minimum atomic E-state index is -0.327. The van der Waals surface area contributed by atoms with Gasteiger partial charge >= 0.3 is 7.12 Å². The van der Waals surface area contributed by atoms with Gasteiger partial charge in [-0.3, -0.25) is 9.97 Å². The summed E-state index contributed by atoms with van der Waals surface area (Å²) in [4.78, 5) is 8.25. The first-order chi connectivity index (χ1) is 16.2. The van der Waals surface area contributed by atoms with Crippen molar-refractivity contribution in [3.8, 4) is 22.3 Å². The van der Waals surface area contributed by atoms with Crippen LogP contribution in [-0.2, 0) is 9.31 Å². The molecule has 5 rings (SSSR count). The highest BCUT2D eigenvalue weighted by molar-refractivity contribution is 9.10. The molecule has 0 amide bonds. The van der Waals surface area contributed by atoms with Crippen LogP contribution in [0.4, 0.5) is 0 Å². The zero-order chi connectivity index (χ0) is 24.2. The fraction of sp³-hybridized carbons (Fsp3) is 0.214. The lowest BCUT2D eigenvalue weighted by Gasteiger charge is -2.32. The first-order valence-electron chi connectivity index (χ1n) is 11.3. The van der Waals surface area contributed by atoms with Crippen LogP contribution in [0.15, 0.2) is 102 Å². The highest BCUT2D eigenvalue weighted by atomic mass is 79.9. The van der Waals surface area contributed by atoms with Gasteiger partial charge in [-0.05, 0) is 74.1 Å². The van der Waals surface area contributed by atoms with E-state index in [2.05, 4.69) is 90.0 Å². The second kappa shape index (κ2) is 10.2. The van der Waals surface area contributed by atoms with E-state index in [4.69, 9.17) is 9.31 Å². The SMILES string of the molecule is Brc1cccc(-c2cccnc2)c1.CC1(C)OB(c2cccc(-c3cccnc3)c2)OC1(C)C. The van der Waals surface area contributed by atoms with Gasteiger partial charge in [-0.2, -0.15) is 0 Å². The molecular weight excluding hydrogens is 487 g/mol. The van der Waals surface area contributed by atoms with Crippen molar-refractivity contribution in [2.45, 2.75) is 38.9 Å². The van der Waals surface area contributed by atoms with Crippen LogP contribution in [0.25, 0.3) is 22.3 Å². The molecule has 0 bridgehead atoms. The summed E-state index contributed by atoms with van der Waals surface area (Å²) in [6, 6.07) is 24.4. The molecule has 0 spiro atoms. The minimum Gasteiger partial charge on any atom is -0.399 e. The third kappa shape index (κ3) is 5.64. The molecule has 0 aliphatic carbocycles. The molecule has 1 fully saturated rings. The minimum absolute atomic E-state index is 0.317. The van der Waals surface area contributed by atoms with Crippen molar-refractivity contribution in [2.24, 2.45) is 0 Å². The summed E-state index contributed by atoms with van der Waals surface area (Å²) >= 11 is 3.44. The van der Waals surface area contributed by atoms with Crippen molar-refractivity contribution in [3.05, 3.63) is 102 Å². The van der Waals surface area contributed by atoms with Crippen molar-refractivity contribution >= 4 is 28.5 Å². The number of rotatable bonds is 3. The van der Waals surface area contributed by atoms with E-state index in [0.29, 0.717) is 0 Å². The van der Waals surface area contributed by atoms with Crippen molar-refractivity contribution in [1.82, 2.24) is 9.97 Å². The molecule has 4 aromatic rings. The Hall–Kier alpha value is -2.80. The number of pyridine rings is 2. The predicted molar refractivity (Wildman–Crippen MR) is 143 cm³/mol. The Morgan fingerprint density at radius 1 is 0.647 bits per heavy atom. The molecule has 1 aliphatic rings. The number of benzene rings is 2. The first-order valence-corrected chi connectivity index (χ1v) is 12.1. The summed E-state index contributed by atoms with van der Waals surface area (Å²) in [6.07, 6.45) is 7.29. The molecule has 1 aliphatic heterocycles. The highest BCUT2D eigenvalue weighted by Gasteiger charge is 2.51. The van der Waals surface area contributed by atoms with Gasteiger partial charge in [-0.1, -0.05) is 64.5 Å². The Balaban J connectivity index is 0.000000180. The second-order valence-corrected chi connectivity index (χ2v) is 10.1. The van der Waals surface area contributed by atoms with Gasteiger partial charge in [0.1, 0.15) is 0 Å². The molecule has 2 aromatic heterocycles. The van der Waals surface area contributed by atoms with Crippen molar-refractivity contribution in [1.29, 1.82) is 0 Å². The largest absolute Gasteiger partial charge is 0.494 e. The summed E-state index contributed by atoms with van der Waals surface area (Å²) in [5, 5.41) is 0. The van der Waals surface area contributed by atoms with E-state index in [-0.39, 0.29) is 18.3 Å². The monoisotopic (exact) mass is 514 g/mol. The van der Waals surface area contributed by atoms with Gasteiger partial charge in [0.25, 0.3) is 0 Å².